The van der Waals surface area contributed by atoms with Crippen molar-refractivity contribution in [2.45, 2.75) is 13.8 Å². The van der Waals surface area contributed by atoms with E-state index in [0.717, 1.165) is 0 Å². The zero-order valence-corrected chi connectivity index (χ0v) is 25.2. The van der Waals surface area contributed by atoms with Crippen molar-refractivity contribution in [3.8, 4) is 0 Å². The number of aryl methyl sites for hydroxylation is 2. The molecule has 2 heteroatoms. The summed E-state index contributed by atoms with van der Waals surface area (Å²) < 4.78 is 0. The van der Waals surface area contributed by atoms with E-state index in [1.165, 1.54) is 42.2 Å². The summed E-state index contributed by atoms with van der Waals surface area (Å²) in [5.41, 5.74) is 2.57. The molecule has 0 amide bonds. The Morgan fingerprint density at radius 3 is 0.675 bits per heavy atom. The van der Waals surface area contributed by atoms with Gasteiger partial charge in [0.25, 0.3) is 0 Å². The summed E-state index contributed by atoms with van der Waals surface area (Å²) in [7, 11) is -5.65. The molecule has 6 rings (SSSR count). The fraction of sp³-hybridized carbons (Fsp3) is 0.0526. The summed E-state index contributed by atoms with van der Waals surface area (Å²) in [5, 5.41) is 8.70. The Morgan fingerprint density at radius 2 is 0.450 bits per heavy atom. The second-order valence-corrected chi connectivity index (χ2v) is 21.7. The minimum absolute atomic E-state index is 1.29. The van der Waals surface area contributed by atoms with E-state index in [2.05, 4.69) is 184 Å². The molecule has 6 aromatic carbocycles. The lowest BCUT2D eigenvalue weighted by molar-refractivity contribution is 1.48. The van der Waals surface area contributed by atoms with E-state index in [-0.39, 0.29) is 0 Å². The van der Waals surface area contributed by atoms with Crippen molar-refractivity contribution in [1.29, 1.82) is 0 Å². The molecule has 0 fully saturated rings. The van der Waals surface area contributed by atoms with Crippen LogP contribution >= 0.6 is 0 Å². The average Bonchev–Trinajstić information content (AvgIpc) is 3.03. The zero-order valence-electron chi connectivity index (χ0n) is 23.2. The maximum Gasteiger partial charge on any atom is 0.154 e. The number of hydrogen-bond donors (Lipinski definition) is 0. The molecule has 0 unspecified atom stereocenters. The molecule has 194 valence electrons. The minimum atomic E-state index is -2.83. The molecule has 0 saturated carbocycles. The third kappa shape index (κ3) is 4.21. The molecule has 0 heterocycles. The van der Waals surface area contributed by atoms with Gasteiger partial charge in [0, 0.05) is 0 Å². The monoisotopic (exact) mass is 546 g/mol. The van der Waals surface area contributed by atoms with Crippen LogP contribution in [0.2, 0.25) is 0 Å². The normalized spacial score (nSPS) is 11.8. The molecule has 0 nitrogen and oxygen atoms in total. The summed E-state index contributed by atoms with van der Waals surface area (Å²) in [4.78, 5) is 0. The van der Waals surface area contributed by atoms with Crippen molar-refractivity contribution in [1.82, 2.24) is 0 Å². The van der Waals surface area contributed by atoms with E-state index in [1.54, 1.807) is 0 Å². The van der Waals surface area contributed by atoms with Crippen LogP contribution in [0, 0.1) is 13.8 Å². The first kappa shape index (κ1) is 26.0. The zero-order chi connectivity index (χ0) is 27.4. The average molecular weight is 547 g/mol. The van der Waals surface area contributed by atoms with Crippen molar-refractivity contribution in [2.75, 3.05) is 0 Å². The van der Waals surface area contributed by atoms with Crippen LogP contribution < -0.4 is 31.1 Å². The first-order valence-electron chi connectivity index (χ1n) is 14.0. The van der Waals surface area contributed by atoms with Crippen LogP contribution in [-0.4, -0.2) is 15.2 Å². The maximum atomic E-state index is 2.44. The van der Waals surface area contributed by atoms with Gasteiger partial charge < -0.3 is 0 Å². The van der Waals surface area contributed by atoms with Crippen molar-refractivity contribution >= 4 is 46.3 Å². The van der Waals surface area contributed by atoms with E-state index in [4.69, 9.17) is 0 Å². The van der Waals surface area contributed by atoms with Gasteiger partial charge in [0.2, 0.25) is 0 Å². The van der Waals surface area contributed by atoms with Gasteiger partial charge >= 0.3 is 0 Å². The molecule has 0 bridgehead atoms. The van der Waals surface area contributed by atoms with Crippen molar-refractivity contribution in [3.63, 3.8) is 0 Å². The second kappa shape index (κ2) is 11.1. The maximum absolute atomic E-state index is 2.83. The van der Waals surface area contributed by atoms with Gasteiger partial charge in [-0.05, 0) is 13.8 Å². The second-order valence-electron chi connectivity index (χ2n) is 10.7. The van der Waals surface area contributed by atoms with Gasteiger partial charge in [-0.3, -0.25) is 0 Å². The van der Waals surface area contributed by atoms with Crippen molar-refractivity contribution < 1.29 is 0 Å². The van der Waals surface area contributed by atoms with Gasteiger partial charge in [0.15, 0.2) is 15.2 Å². The molecular weight excluding hydrogens is 513 g/mol. The van der Waals surface area contributed by atoms with E-state index in [1.807, 2.05) is 0 Å². The van der Waals surface area contributed by atoms with Crippen LogP contribution in [0.5, 0.6) is 0 Å². The van der Waals surface area contributed by atoms with Gasteiger partial charge in [-0.1, -0.05) is 212 Å². The van der Waals surface area contributed by atoms with E-state index < -0.39 is 15.2 Å². The molecule has 0 radical (unpaired) electrons. The first-order valence-corrected chi connectivity index (χ1v) is 19.0. The largest absolute Gasteiger partial charge is 0.154 e. The Balaban J connectivity index is 1.93. The molecule has 0 saturated heterocycles. The number of rotatable bonds is 7. The standard InChI is InChI=1S/C38H34Si2/c1-31-23-27-37(28-24-31)40(36-21-13-6-14-22-36,38-29-25-32(2)26-30-38)39(33-15-7-3-8-16-33,34-17-9-4-10-18-34)35-19-11-5-12-20-35/h3-30H,1-2H3. The predicted molar refractivity (Wildman–Crippen MR) is 177 cm³/mol. The quantitative estimate of drug-likeness (QED) is 0.195. The summed E-state index contributed by atoms with van der Waals surface area (Å²) >= 11 is 0. The fourth-order valence-electron chi connectivity index (χ4n) is 6.66. The molecule has 0 aliphatic carbocycles. The highest BCUT2D eigenvalue weighted by molar-refractivity contribution is 7.67. The minimum Gasteiger partial charge on any atom is -0.0624 e. The Morgan fingerprint density at radius 1 is 0.250 bits per heavy atom. The number of hydrogen-bond acceptors (Lipinski definition) is 0. The topological polar surface area (TPSA) is 0 Å². The predicted octanol–water partition coefficient (Wildman–Crippen LogP) is 5.02. The highest BCUT2D eigenvalue weighted by Crippen LogP contribution is 2.23. The molecule has 40 heavy (non-hydrogen) atoms. The summed E-state index contributed by atoms with van der Waals surface area (Å²) in [5.74, 6) is 0. The van der Waals surface area contributed by atoms with E-state index in [9.17, 15) is 0 Å². The molecule has 0 aliphatic heterocycles. The van der Waals surface area contributed by atoms with Crippen LogP contribution in [0.4, 0.5) is 0 Å². The van der Waals surface area contributed by atoms with Crippen molar-refractivity contribution in [3.05, 3.63) is 181 Å². The van der Waals surface area contributed by atoms with Crippen LogP contribution in [0.15, 0.2) is 170 Å². The molecule has 0 aromatic heterocycles. The van der Waals surface area contributed by atoms with Gasteiger partial charge in [-0.15, -0.1) is 0 Å². The lowest BCUT2D eigenvalue weighted by Crippen LogP contribution is -2.94. The first-order chi connectivity index (χ1) is 19.7. The Bertz CT molecular complexity index is 1520. The number of benzene rings is 6. The molecule has 6 aromatic rings. The van der Waals surface area contributed by atoms with Crippen LogP contribution in [0.3, 0.4) is 0 Å². The van der Waals surface area contributed by atoms with Gasteiger partial charge in [-0.25, -0.2) is 0 Å². The van der Waals surface area contributed by atoms with E-state index >= 15 is 0 Å². The van der Waals surface area contributed by atoms with Gasteiger partial charge in [0.05, 0.1) is 0 Å². The Labute approximate surface area is 240 Å². The SMILES string of the molecule is Cc1ccc([Si](c2ccccc2)(c2ccc(C)cc2)[Si](c2ccccc2)(c2ccccc2)c2ccccc2)cc1. The van der Waals surface area contributed by atoms with Gasteiger partial charge in [-0.2, -0.15) is 0 Å². The molecule has 0 aliphatic rings. The smallest absolute Gasteiger partial charge is 0.0624 e. The molecule has 0 N–H and O–H groups in total. The molecule has 0 spiro atoms. The Hall–Kier alpha value is -4.25. The van der Waals surface area contributed by atoms with Crippen LogP contribution in [0.25, 0.3) is 0 Å². The van der Waals surface area contributed by atoms with E-state index in [0.29, 0.717) is 0 Å². The third-order valence-electron chi connectivity index (χ3n) is 8.36. The molecular formula is C38H34Si2. The summed E-state index contributed by atoms with van der Waals surface area (Å²) in [6.07, 6.45) is 0. The third-order valence-corrected chi connectivity index (χ3v) is 25.3. The lowest BCUT2D eigenvalue weighted by atomic mass is 10.2. The van der Waals surface area contributed by atoms with Gasteiger partial charge in [0.1, 0.15) is 0 Å². The van der Waals surface area contributed by atoms with Crippen LogP contribution in [-0.2, 0) is 0 Å². The summed E-state index contributed by atoms with van der Waals surface area (Å²) in [6.45, 7) is 4.38. The molecule has 0 atom stereocenters. The Kier molecular flexibility index (Phi) is 7.21. The highest BCUT2D eigenvalue weighted by Gasteiger charge is 2.61. The lowest BCUT2D eigenvalue weighted by Gasteiger charge is -2.50. The van der Waals surface area contributed by atoms with Crippen molar-refractivity contribution in [2.24, 2.45) is 0 Å². The highest BCUT2D eigenvalue weighted by atomic mass is 29.3. The fourth-order valence-corrected chi connectivity index (χ4v) is 26.2. The summed E-state index contributed by atoms with van der Waals surface area (Å²) in [6, 6.07) is 64.7. The van der Waals surface area contributed by atoms with Crippen LogP contribution in [0.1, 0.15) is 11.1 Å².